The molecule has 6 nitrogen and oxygen atoms in total. The summed E-state index contributed by atoms with van der Waals surface area (Å²) < 4.78 is 10.9. The number of nitrogens with two attached hydrogens (primary N) is 1. The summed E-state index contributed by atoms with van der Waals surface area (Å²) in [7, 11) is 1.74. The normalized spacial score (nSPS) is 25.0. The summed E-state index contributed by atoms with van der Waals surface area (Å²) in [4.78, 5) is 13.7. The molecule has 2 unspecified atom stereocenters. The lowest BCUT2D eigenvalue weighted by molar-refractivity contribution is -0.118. The highest BCUT2D eigenvalue weighted by atomic mass is 16.5. The Bertz CT molecular complexity index is 561. The molecule has 0 bridgehead atoms. The minimum Gasteiger partial charge on any atom is -0.482 e. The van der Waals surface area contributed by atoms with Crippen molar-refractivity contribution in [3.63, 3.8) is 0 Å². The minimum absolute atomic E-state index is 0.0404. The van der Waals surface area contributed by atoms with Crippen molar-refractivity contribution in [1.82, 2.24) is 0 Å². The van der Waals surface area contributed by atoms with E-state index >= 15 is 0 Å². The number of fused-ring (bicyclic) bond motifs is 1. The number of anilines is 3. The van der Waals surface area contributed by atoms with Crippen molar-refractivity contribution in [3.8, 4) is 5.75 Å². The first kappa shape index (κ1) is 14.0. The number of nitrogens with one attached hydrogen (secondary N) is 1. The zero-order chi connectivity index (χ0) is 15.0. The van der Waals surface area contributed by atoms with Crippen LogP contribution in [0.2, 0.25) is 0 Å². The van der Waals surface area contributed by atoms with Gasteiger partial charge in [-0.1, -0.05) is 6.92 Å². The molecule has 1 aromatic carbocycles. The van der Waals surface area contributed by atoms with E-state index in [0.717, 1.165) is 25.2 Å². The quantitative estimate of drug-likeness (QED) is 0.807. The molecule has 3 rings (SSSR count). The number of carbonyl (C=O) groups excluding carboxylic acids is 1. The molecular weight excluding hydrogens is 270 g/mol. The van der Waals surface area contributed by atoms with Crippen LogP contribution in [0.4, 0.5) is 17.1 Å². The first-order valence-electron chi connectivity index (χ1n) is 7.22. The molecule has 2 atom stereocenters. The van der Waals surface area contributed by atoms with Crippen LogP contribution in [0.25, 0.3) is 0 Å². The summed E-state index contributed by atoms with van der Waals surface area (Å²) in [6.45, 7) is 3.98. The van der Waals surface area contributed by atoms with Crippen LogP contribution in [0.1, 0.15) is 13.3 Å². The second kappa shape index (κ2) is 5.44. The zero-order valence-electron chi connectivity index (χ0n) is 12.4. The number of nitrogen functional groups attached to an aromatic ring is 1. The molecule has 114 valence electrons. The Labute approximate surface area is 124 Å². The number of hydrogen-bond acceptors (Lipinski definition) is 5. The van der Waals surface area contributed by atoms with E-state index in [1.54, 1.807) is 13.2 Å². The van der Waals surface area contributed by atoms with Crippen LogP contribution in [0.3, 0.4) is 0 Å². The predicted octanol–water partition coefficient (Wildman–Crippen LogP) is 1.46. The van der Waals surface area contributed by atoms with Crippen LogP contribution >= 0.6 is 0 Å². The lowest BCUT2D eigenvalue weighted by atomic mass is 9.95. The Morgan fingerprint density at radius 3 is 3.05 bits per heavy atom. The van der Waals surface area contributed by atoms with Crippen LogP contribution in [-0.4, -0.2) is 38.8 Å². The first-order chi connectivity index (χ1) is 10.1. The molecule has 1 amide bonds. The van der Waals surface area contributed by atoms with Crippen molar-refractivity contribution in [2.45, 2.75) is 19.4 Å². The van der Waals surface area contributed by atoms with E-state index in [9.17, 15) is 4.79 Å². The molecule has 1 saturated heterocycles. The molecule has 2 aliphatic heterocycles. The van der Waals surface area contributed by atoms with Crippen molar-refractivity contribution in [3.05, 3.63) is 12.1 Å². The monoisotopic (exact) mass is 291 g/mol. The largest absolute Gasteiger partial charge is 0.482 e. The third-order valence-corrected chi connectivity index (χ3v) is 4.29. The van der Waals surface area contributed by atoms with E-state index in [1.807, 2.05) is 6.07 Å². The first-order valence-corrected chi connectivity index (χ1v) is 7.22. The van der Waals surface area contributed by atoms with E-state index in [4.69, 9.17) is 15.2 Å². The standard InChI is InChI=1S/C15H21N3O3/c1-9-3-4-18(7-14(9)20-2)12-6-11-13(5-10(12)16)21-8-15(19)17-11/h5-6,9,14H,3-4,7-8,16H2,1-2H3,(H,17,19). The van der Waals surface area contributed by atoms with E-state index in [1.165, 1.54) is 0 Å². The van der Waals surface area contributed by atoms with Gasteiger partial charge in [0, 0.05) is 26.3 Å². The summed E-state index contributed by atoms with van der Waals surface area (Å²) >= 11 is 0. The highest BCUT2D eigenvalue weighted by Crippen LogP contribution is 2.38. The number of rotatable bonds is 2. The molecule has 3 N–H and O–H groups in total. The van der Waals surface area contributed by atoms with Crippen LogP contribution in [-0.2, 0) is 9.53 Å². The van der Waals surface area contributed by atoms with E-state index in [-0.39, 0.29) is 18.6 Å². The number of nitrogens with zero attached hydrogens (tertiary/aromatic N) is 1. The molecule has 1 aromatic rings. The van der Waals surface area contributed by atoms with Gasteiger partial charge >= 0.3 is 0 Å². The number of benzene rings is 1. The van der Waals surface area contributed by atoms with Crippen molar-refractivity contribution in [1.29, 1.82) is 0 Å². The minimum atomic E-state index is -0.139. The summed E-state index contributed by atoms with van der Waals surface area (Å²) in [6, 6.07) is 3.67. The Balaban J connectivity index is 1.88. The Hall–Kier alpha value is -1.95. The lowest BCUT2D eigenvalue weighted by Gasteiger charge is -2.38. The molecule has 0 spiro atoms. The SMILES string of the molecule is COC1CN(c2cc3c(cc2N)OCC(=O)N3)CCC1C. The van der Waals surface area contributed by atoms with E-state index in [2.05, 4.69) is 17.1 Å². The summed E-state index contributed by atoms with van der Waals surface area (Å²) in [5, 5.41) is 2.82. The van der Waals surface area contributed by atoms with Crippen molar-refractivity contribution >= 4 is 23.0 Å². The van der Waals surface area contributed by atoms with Gasteiger partial charge in [-0.2, -0.15) is 0 Å². The predicted molar refractivity (Wildman–Crippen MR) is 81.8 cm³/mol. The van der Waals surface area contributed by atoms with Gasteiger partial charge in [0.05, 0.1) is 23.2 Å². The molecule has 2 aliphatic rings. The van der Waals surface area contributed by atoms with Gasteiger partial charge in [-0.25, -0.2) is 0 Å². The van der Waals surface area contributed by atoms with Gasteiger partial charge in [0.15, 0.2) is 6.61 Å². The van der Waals surface area contributed by atoms with Gasteiger partial charge in [-0.15, -0.1) is 0 Å². The highest BCUT2D eigenvalue weighted by molar-refractivity contribution is 5.97. The third-order valence-electron chi connectivity index (χ3n) is 4.29. The summed E-state index contributed by atoms with van der Waals surface area (Å²) in [5.41, 5.74) is 8.43. The number of hydrogen-bond donors (Lipinski definition) is 2. The van der Waals surface area contributed by atoms with Crippen molar-refractivity contribution in [2.75, 3.05) is 42.8 Å². The second-order valence-electron chi connectivity index (χ2n) is 5.73. The van der Waals surface area contributed by atoms with Crippen molar-refractivity contribution < 1.29 is 14.3 Å². The Morgan fingerprint density at radius 2 is 2.29 bits per heavy atom. The fraction of sp³-hybridized carbons (Fsp3) is 0.533. The molecular formula is C15H21N3O3. The molecule has 1 fully saturated rings. The average molecular weight is 291 g/mol. The maximum absolute atomic E-state index is 11.4. The maximum Gasteiger partial charge on any atom is 0.262 e. The van der Waals surface area contributed by atoms with Crippen LogP contribution in [0.15, 0.2) is 12.1 Å². The Kier molecular flexibility index (Phi) is 3.63. The summed E-state index contributed by atoms with van der Waals surface area (Å²) in [5.74, 6) is 1.03. The smallest absolute Gasteiger partial charge is 0.262 e. The maximum atomic E-state index is 11.4. The van der Waals surface area contributed by atoms with E-state index < -0.39 is 0 Å². The van der Waals surface area contributed by atoms with Crippen molar-refractivity contribution in [2.24, 2.45) is 5.92 Å². The van der Waals surface area contributed by atoms with Crippen LogP contribution in [0.5, 0.6) is 5.75 Å². The van der Waals surface area contributed by atoms with Gasteiger partial charge in [-0.05, 0) is 18.4 Å². The number of amides is 1. The molecule has 0 aliphatic carbocycles. The lowest BCUT2D eigenvalue weighted by Crippen LogP contribution is -2.44. The second-order valence-corrected chi connectivity index (χ2v) is 5.73. The molecule has 2 heterocycles. The van der Waals surface area contributed by atoms with E-state index in [0.29, 0.717) is 23.0 Å². The number of methoxy groups -OCH3 is 1. The third kappa shape index (κ3) is 2.63. The number of carbonyl (C=O) groups is 1. The fourth-order valence-corrected chi connectivity index (χ4v) is 2.96. The average Bonchev–Trinajstić information content (AvgIpc) is 2.48. The summed E-state index contributed by atoms with van der Waals surface area (Å²) in [6.07, 6.45) is 1.25. The highest BCUT2D eigenvalue weighted by Gasteiger charge is 2.28. The van der Waals surface area contributed by atoms with Gasteiger partial charge in [-0.3, -0.25) is 4.79 Å². The molecule has 0 saturated carbocycles. The number of ether oxygens (including phenoxy) is 2. The van der Waals surface area contributed by atoms with Gasteiger partial charge in [0.25, 0.3) is 5.91 Å². The molecule has 21 heavy (non-hydrogen) atoms. The fourth-order valence-electron chi connectivity index (χ4n) is 2.96. The van der Waals surface area contributed by atoms with Gasteiger partial charge in [0.1, 0.15) is 5.75 Å². The Morgan fingerprint density at radius 1 is 1.48 bits per heavy atom. The van der Waals surface area contributed by atoms with Gasteiger partial charge in [0.2, 0.25) is 0 Å². The molecule has 0 radical (unpaired) electrons. The topological polar surface area (TPSA) is 76.8 Å². The van der Waals surface area contributed by atoms with Crippen LogP contribution in [0, 0.1) is 5.92 Å². The molecule has 6 heteroatoms. The zero-order valence-corrected chi connectivity index (χ0v) is 12.4. The van der Waals surface area contributed by atoms with Crippen LogP contribution < -0.4 is 20.7 Å². The number of piperidine rings is 1. The molecule has 0 aromatic heterocycles. The van der Waals surface area contributed by atoms with Gasteiger partial charge < -0.3 is 25.4 Å².